The Morgan fingerprint density at radius 1 is 1.36 bits per heavy atom. The van der Waals surface area contributed by atoms with Crippen LogP contribution in [0.2, 0.25) is 0 Å². The summed E-state index contributed by atoms with van der Waals surface area (Å²) in [6, 6.07) is 3.30. The second kappa shape index (κ2) is 8.22. The van der Waals surface area contributed by atoms with Crippen molar-refractivity contribution in [3.63, 3.8) is 0 Å². The second-order valence-corrected chi connectivity index (χ2v) is 5.09. The summed E-state index contributed by atoms with van der Waals surface area (Å²) in [4.78, 5) is 12.1. The van der Waals surface area contributed by atoms with Crippen LogP contribution < -0.4 is 10.6 Å². The van der Waals surface area contributed by atoms with Gasteiger partial charge in [0.05, 0.1) is 17.5 Å². The van der Waals surface area contributed by atoms with Crippen molar-refractivity contribution in [1.82, 2.24) is 9.97 Å². The number of benzene rings is 1. The number of nitrogens with zero attached hydrogens (tertiary/aromatic N) is 4. The van der Waals surface area contributed by atoms with Crippen LogP contribution in [0.15, 0.2) is 34.5 Å². The molecular weight excluding hydrogens is 335 g/mol. The van der Waals surface area contributed by atoms with E-state index in [1.165, 1.54) is 12.3 Å². The molecule has 0 fully saturated rings. The second-order valence-electron chi connectivity index (χ2n) is 5.09. The molecule has 1 aromatic carbocycles. The average molecular weight is 351 g/mol. The molecule has 6 nitrogen and oxygen atoms in total. The van der Waals surface area contributed by atoms with Crippen LogP contribution in [0.3, 0.4) is 0 Å². The molecule has 1 heterocycles. The fourth-order valence-corrected chi connectivity index (χ4v) is 1.75. The molecule has 0 bridgehead atoms. The molecule has 0 unspecified atom stereocenters. The molecule has 0 saturated carbocycles. The molecule has 2 rings (SSSR count). The molecule has 0 radical (unpaired) electrons. The molecule has 2 aromatic rings. The van der Waals surface area contributed by atoms with Crippen molar-refractivity contribution in [3.8, 4) is 6.01 Å². The Bertz CT molecular complexity index is 808. The van der Waals surface area contributed by atoms with Crippen LogP contribution in [-0.4, -0.2) is 28.5 Å². The number of aliphatic imine (C=N–C) groups is 1. The highest BCUT2D eigenvalue weighted by atomic mass is 19.3. The van der Waals surface area contributed by atoms with E-state index in [1.54, 1.807) is 6.20 Å². The Kier molecular flexibility index (Phi) is 6.04. The number of hydrogen-bond acceptors (Lipinski definition) is 6. The molecule has 0 aliphatic heterocycles. The maximum atomic E-state index is 13.2. The van der Waals surface area contributed by atoms with Crippen molar-refractivity contribution in [2.45, 2.75) is 20.3 Å². The highest BCUT2D eigenvalue weighted by molar-refractivity contribution is 6.31. The maximum absolute atomic E-state index is 13.2. The molecule has 2 N–H and O–H groups in total. The molecule has 0 saturated heterocycles. The van der Waals surface area contributed by atoms with Crippen LogP contribution in [0, 0.1) is 19.7 Å². The topological polar surface area (TPSA) is 85.8 Å². The monoisotopic (exact) mass is 351 g/mol. The van der Waals surface area contributed by atoms with Gasteiger partial charge in [-0.05, 0) is 37.6 Å². The van der Waals surface area contributed by atoms with Crippen LogP contribution in [0.4, 0.5) is 18.9 Å². The van der Waals surface area contributed by atoms with E-state index in [2.05, 4.69) is 20.1 Å². The molecular formula is C16H16F3N5O. The smallest absolute Gasteiger partial charge is 0.316 e. The Morgan fingerprint density at radius 2 is 2.12 bits per heavy atom. The van der Waals surface area contributed by atoms with Crippen LogP contribution in [0.25, 0.3) is 0 Å². The Hall–Kier alpha value is -2.97. The summed E-state index contributed by atoms with van der Waals surface area (Å²) in [5.41, 5.74) is 1.34. The van der Waals surface area contributed by atoms with Gasteiger partial charge in [-0.15, -0.1) is 0 Å². The first-order valence-corrected chi connectivity index (χ1v) is 7.22. The summed E-state index contributed by atoms with van der Waals surface area (Å²) in [6.07, 6.45) is -0.0677. The van der Waals surface area contributed by atoms with Crippen molar-refractivity contribution >= 4 is 17.6 Å². The number of hydrazone groups is 1. The van der Waals surface area contributed by atoms with Gasteiger partial charge in [-0.2, -0.15) is 5.10 Å². The van der Waals surface area contributed by atoms with E-state index >= 15 is 0 Å². The third-order valence-electron chi connectivity index (χ3n) is 3.29. The molecule has 132 valence electrons. The number of rotatable bonds is 6. The first kappa shape index (κ1) is 18.4. The zero-order valence-corrected chi connectivity index (χ0v) is 13.6. The number of aromatic nitrogens is 2. The highest BCUT2D eigenvalue weighted by Gasteiger charge is 2.13. The van der Waals surface area contributed by atoms with E-state index in [0.29, 0.717) is 0 Å². The van der Waals surface area contributed by atoms with E-state index in [-0.39, 0.29) is 24.0 Å². The Balaban J connectivity index is 2.05. The third kappa shape index (κ3) is 5.00. The van der Waals surface area contributed by atoms with Gasteiger partial charge in [-0.3, -0.25) is 4.99 Å². The largest absolute Gasteiger partial charge is 0.457 e. The van der Waals surface area contributed by atoms with Gasteiger partial charge >= 0.3 is 6.01 Å². The van der Waals surface area contributed by atoms with Gasteiger partial charge in [-0.25, -0.2) is 23.1 Å². The number of hydrogen-bond donors (Lipinski definition) is 1. The van der Waals surface area contributed by atoms with E-state index in [9.17, 15) is 13.2 Å². The summed E-state index contributed by atoms with van der Waals surface area (Å²) >= 11 is 0. The lowest BCUT2D eigenvalue weighted by molar-refractivity contribution is 0.146. The normalized spacial score (nSPS) is 12.2. The van der Waals surface area contributed by atoms with Gasteiger partial charge in [0.25, 0.3) is 6.43 Å². The Morgan fingerprint density at radius 3 is 2.76 bits per heavy atom. The third-order valence-corrected chi connectivity index (χ3v) is 3.29. The van der Waals surface area contributed by atoms with E-state index in [1.807, 2.05) is 13.8 Å². The standard InChI is InChI=1S/C16H16F3N5O/c1-9-6-22-16(23-10(9)2)25-8-12(24-20)7-21-11-3-4-14(17)13(5-11)15(18)19/h3-7,15H,8,20H2,1-2H3. The fraction of sp³-hybridized carbons (Fsp3) is 0.250. The molecule has 0 aliphatic carbocycles. The van der Waals surface area contributed by atoms with Crippen LogP contribution in [0.5, 0.6) is 6.01 Å². The molecule has 0 amide bonds. The average Bonchev–Trinajstić information content (AvgIpc) is 2.59. The zero-order chi connectivity index (χ0) is 18.4. The van der Waals surface area contributed by atoms with Crippen LogP contribution in [0.1, 0.15) is 23.2 Å². The lowest BCUT2D eigenvalue weighted by Gasteiger charge is -2.05. The van der Waals surface area contributed by atoms with Crippen molar-refractivity contribution < 1.29 is 17.9 Å². The number of halogens is 3. The number of ether oxygens (including phenoxy) is 1. The van der Waals surface area contributed by atoms with Gasteiger partial charge in [-0.1, -0.05) is 0 Å². The fourth-order valence-electron chi connectivity index (χ4n) is 1.75. The SMILES string of the molecule is Cc1cnc(OCC(C=Nc2ccc(F)c(C(F)F)c2)=NN)nc1C. The molecule has 0 aliphatic rings. The number of aryl methyl sites for hydroxylation is 2. The minimum absolute atomic E-state index is 0.0641. The van der Waals surface area contributed by atoms with Crippen molar-refractivity contribution in [2.24, 2.45) is 15.9 Å². The van der Waals surface area contributed by atoms with Crippen molar-refractivity contribution in [2.75, 3.05) is 6.61 Å². The quantitative estimate of drug-likeness (QED) is 0.492. The Labute approximate surface area is 142 Å². The number of nitrogens with two attached hydrogens (primary N) is 1. The van der Waals surface area contributed by atoms with Crippen molar-refractivity contribution in [3.05, 3.63) is 47.0 Å². The summed E-state index contributed by atoms with van der Waals surface area (Å²) in [5, 5.41) is 3.50. The minimum atomic E-state index is -2.93. The van der Waals surface area contributed by atoms with Crippen molar-refractivity contribution in [1.29, 1.82) is 0 Å². The summed E-state index contributed by atoms with van der Waals surface area (Å²) in [5.74, 6) is 4.26. The first-order valence-electron chi connectivity index (χ1n) is 7.22. The molecule has 25 heavy (non-hydrogen) atoms. The van der Waals surface area contributed by atoms with E-state index in [4.69, 9.17) is 10.6 Å². The molecule has 1 aromatic heterocycles. The lowest BCUT2D eigenvalue weighted by Crippen LogP contribution is -2.16. The van der Waals surface area contributed by atoms with E-state index < -0.39 is 17.8 Å². The zero-order valence-electron chi connectivity index (χ0n) is 13.6. The minimum Gasteiger partial charge on any atom is -0.457 e. The molecule has 0 spiro atoms. The summed E-state index contributed by atoms with van der Waals surface area (Å²) in [7, 11) is 0. The highest BCUT2D eigenvalue weighted by Crippen LogP contribution is 2.26. The van der Waals surface area contributed by atoms with Crippen LogP contribution >= 0.6 is 0 Å². The molecule has 0 atom stereocenters. The predicted octanol–water partition coefficient (Wildman–Crippen LogP) is 3.27. The van der Waals surface area contributed by atoms with E-state index in [0.717, 1.165) is 23.4 Å². The van der Waals surface area contributed by atoms with Gasteiger partial charge in [0.15, 0.2) is 0 Å². The lowest BCUT2D eigenvalue weighted by atomic mass is 10.2. The number of alkyl halides is 2. The maximum Gasteiger partial charge on any atom is 0.316 e. The summed E-state index contributed by atoms with van der Waals surface area (Å²) < 4.78 is 44.0. The van der Waals surface area contributed by atoms with Gasteiger partial charge in [0, 0.05) is 11.9 Å². The molecule has 9 heteroatoms. The van der Waals surface area contributed by atoms with Gasteiger partial charge < -0.3 is 10.6 Å². The summed E-state index contributed by atoms with van der Waals surface area (Å²) in [6.45, 7) is 3.62. The van der Waals surface area contributed by atoms with Crippen LogP contribution in [-0.2, 0) is 0 Å². The van der Waals surface area contributed by atoms with Gasteiger partial charge in [0.2, 0.25) is 0 Å². The first-order chi connectivity index (χ1) is 11.9. The van der Waals surface area contributed by atoms with Gasteiger partial charge in [0.1, 0.15) is 18.1 Å². The predicted molar refractivity (Wildman–Crippen MR) is 88.1 cm³/mol.